The van der Waals surface area contributed by atoms with Crippen molar-refractivity contribution in [1.29, 1.82) is 0 Å². The standard InChI is InChI=1S/C32H27BrN6O3/c33-23-14-16-24(17-15-23)38-31(41)28-30(32(38)42)37(36-34-28)19-26(40)39-29(21-10-5-2-6-11-21)25-13-7-12-22(27(25)35-39)18-20-8-3-1-4-9-20/h1-6,8-11,14-18,25,28-30H,7,12-13,19H2/b22-18+/t25-,28+,29+,30-/m1/s1. The Morgan fingerprint density at radius 3 is 2.36 bits per heavy atom. The van der Waals surface area contributed by atoms with E-state index >= 15 is 0 Å². The number of benzene rings is 3. The normalized spacial score (nSPS) is 25.7. The van der Waals surface area contributed by atoms with Gasteiger partial charge in [0.2, 0.25) is 0 Å². The Morgan fingerprint density at radius 1 is 0.905 bits per heavy atom. The summed E-state index contributed by atoms with van der Waals surface area (Å²) in [6, 6.07) is 24.8. The Labute approximate surface area is 251 Å². The van der Waals surface area contributed by atoms with E-state index in [4.69, 9.17) is 5.10 Å². The third-order valence-electron chi connectivity index (χ3n) is 8.28. The Balaban J connectivity index is 1.18. The summed E-state index contributed by atoms with van der Waals surface area (Å²) >= 11 is 3.38. The van der Waals surface area contributed by atoms with Gasteiger partial charge in [-0.05, 0) is 66.3 Å². The molecule has 4 aliphatic rings. The number of allylic oxidation sites excluding steroid dienone is 1. The highest BCUT2D eigenvalue weighted by atomic mass is 79.9. The molecule has 0 aromatic heterocycles. The van der Waals surface area contributed by atoms with Gasteiger partial charge >= 0.3 is 0 Å². The van der Waals surface area contributed by atoms with Crippen molar-refractivity contribution in [3.63, 3.8) is 0 Å². The molecule has 7 rings (SSSR count). The molecule has 42 heavy (non-hydrogen) atoms. The smallest absolute Gasteiger partial charge is 0.264 e. The van der Waals surface area contributed by atoms with Gasteiger partial charge in [0.1, 0.15) is 6.54 Å². The molecule has 0 N–H and O–H groups in total. The number of fused-ring (bicyclic) bond motifs is 2. The lowest BCUT2D eigenvalue weighted by molar-refractivity contribution is -0.136. The van der Waals surface area contributed by atoms with Crippen LogP contribution in [0, 0.1) is 5.92 Å². The number of nitrogens with zero attached hydrogens (tertiary/aromatic N) is 6. The van der Waals surface area contributed by atoms with E-state index in [1.807, 2.05) is 48.5 Å². The van der Waals surface area contributed by atoms with Gasteiger partial charge in [-0.3, -0.25) is 19.4 Å². The quantitative estimate of drug-likeness (QED) is 0.348. The van der Waals surface area contributed by atoms with Gasteiger partial charge in [0.15, 0.2) is 12.1 Å². The highest BCUT2D eigenvalue weighted by molar-refractivity contribution is 9.10. The van der Waals surface area contributed by atoms with Gasteiger partial charge in [-0.1, -0.05) is 81.8 Å². The van der Waals surface area contributed by atoms with Crippen LogP contribution in [0.1, 0.15) is 36.4 Å². The van der Waals surface area contributed by atoms with Crippen LogP contribution in [0.15, 0.2) is 110 Å². The van der Waals surface area contributed by atoms with Crippen LogP contribution in [-0.4, -0.2) is 52.1 Å². The van der Waals surface area contributed by atoms with E-state index in [9.17, 15) is 14.4 Å². The van der Waals surface area contributed by atoms with Crippen molar-refractivity contribution < 1.29 is 14.4 Å². The van der Waals surface area contributed by atoms with Crippen LogP contribution in [-0.2, 0) is 14.4 Å². The van der Waals surface area contributed by atoms with Crippen LogP contribution in [0.25, 0.3) is 6.08 Å². The summed E-state index contributed by atoms with van der Waals surface area (Å²) < 4.78 is 0.833. The Kier molecular flexibility index (Phi) is 6.78. The number of hydrogen-bond acceptors (Lipinski definition) is 7. The van der Waals surface area contributed by atoms with Crippen molar-refractivity contribution >= 4 is 51.1 Å². The molecule has 4 atom stereocenters. The second kappa shape index (κ2) is 10.8. The Bertz CT molecular complexity index is 1640. The average molecular weight is 624 g/mol. The molecule has 0 radical (unpaired) electrons. The van der Waals surface area contributed by atoms with Crippen molar-refractivity contribution in [3.8, 4) is 0 Å². The van der Waals surface area contributed by atoms with Crippen LogP contribution in [0.3, 0.4) is 0 Å². The topological polar surface area (TPSA) is 98.0 Å². The zero-order valence-electron chi connectivity index (χ0n) is 22.6. The van der Waals surface area contributed by atoms with Gasteiger partial charge in [-0.2, -0.15) is 10.2 Å². The molecular weight excluding hydrogens is 596 g/mol. The molecule has 1 saturated carbocycles. The summed E-state index contributed by atoms with van der Waals surface area (Å²) in [6.45, 7) is -0.220. The largest absolute Gasteiger partial charge is 0.271 e. The van der Waals surface area contributed by atoms with E-state index in [0.29, 0.717) is 5.69 Å². The van der Waals surface area contributed by atoms with Gasteiger partial charge in [0.25, 0.3) is 17.7 Å². The Morgan fingerprint density at radius 2 is 1.62 bits per heavy atom. The van der Waals surface area contributed by atoms with E-state index in [1.54, 1.807) is 29.3 Å². The van der Waals surface area contributed by atoms with Crippen molar-refractivity contribution in [2.24, 2.45) is 21.4 Å². The number of hydrogen-bond donors (Lipinski definition) is 0. The van der Waals surface area contributed by atoms with Crippen molar-refractivity contribution in [1.82, 2.24) is 10.0 Å². The van der Waals surface area contributed by atoms with E-state index < -0.39 is 23.9 Å². The minimum Gasteiger partial charge on any atom is -0.271 e. The molecule has 2 fully saturated rings. The molecule has 1 aliphatic carbocycles. The summed E-state index contributed by atoms with van der Waals surface area (Å²) in [7, 11) is 0. The summed E-state index contributed by atoms with van der Waals surface area (Å²) in [5, 5.41) is 16.1. The number of hydrazone groups is 1. The molecule has 3 heterocycles. The highest BCUT2D eigenvalue weighted by Gasteiger charge is 2.55. The molecule has 3 aromatic rings. The molecule has 210 valence electrons. The number of carbonyl (C=O) groups excluding carboxylic acids is 3. The molecule has 1 saturated heterocycles. The lowest BCUT2D eigenvalue weighted by Crippen LogP contribution is -2.45. The molecule has 3 aliphatic heterocycles. The average Bonchev–Trinajstić information content (AvgIpc) is 3.68. The summed E-state index contributed by atoms with van der Waals surface area (Å²) in [5.74, 6) is -1.14. The third kappa shape index (κ3) is 4.56. The van der Waals surface area contributed by atoms with E-state index in [0.717, 1.165) is 51.0 Å². The fraction of sp³-hybridized carbons (Fsp3) is 0.250. The molecule has 3 aromatic carbocycles. The second-order valence-electron chi connectivity index (χ2n) is 10.8. The van der Waals surface area contributed by atoms with Crippen molar-refractivity contribution in [2.45, 2.75) is 37.4 Å². The maximum Gasteiger partial charge on any atom is 0.264 e. The molecule has 0 spiro atoms. The zero-order valence-corrected chi connectivity index (χ0v) is 24.2. The Hall–Kier alpha value is -4.44. The van der Waals surface area contributed by atoms with Crippen LogP contribution in [0.2, 0.25) is 0 Å². The first-order valence-electron chi connectivity index (χ1n) is 14.0. The lowest BCUT2D eigenvalue weighted by Gasteiger charge is -2.30. The summed E-state index contributed by atoms with van der Waals surface area (Å²) in [4.78, 5) is 41.8. The number of imide groups is 1. The van der Waals surface area contributed by atoms with E-state index in [-0.39, 0.29) is 24.4 Å². The lowest BCUT2D eigenvalue weighted by atomic mass is 9.77. The van der Waals surface area contributed by atoms with Crippen molar-refractivity contribution in [2.75, 3.05) is 11.4 Å². The molecule has 0 unspecified atom stereocenters. The fourth-order valence-corrected chi connectivity index (χ4v) is 6.61. The van der Waals surface area contributed by atoms with Crippen LogP contribution in [0.5, 0.6) is 0 Å². The van der Waals surface area contributed by atoms with E-state index in [1.165, 1.54) is 5.01 Å². The molecule has 0 bridgehead atoms. The van der Waals surface area contributed by atoms with Gasteiger partial charge in [0, 0.05) is 10.4 Å². The predicted octanol–water partition coefficient (Wildman–Crippen LogP) is 5.57. The number of halogens is 1. The van der Waals surface area contributed by atoms with Gasteiger partial charge in [-0.25, -0.2) is 9.91 Å². The minimum absolute atomic E-state index is 0.0515. The zero-order chi connectivity index (χ0) is 28.8. The monoisotopic (exact) mass is 622 g/mol. The maximum absolute atomic E-state index is 14.0. The third-order valence-corrected chi connectivity index (χ3v) is 8.81. The molecule has 9 nitrogen and oxygen atoms in total. The molecular formula is C32H27BrN6O3. The van der Waals surface area contributed by atoms with Crippen LogP contribution >= 0.6 is 15.9 Å². The highest BCUT2D eigenvalue weighted by Crippen LogP contribution is 2.44. The first kappa shape index (κ1) is 26.5. The number of anilines is 1. The number of rotatable bonds is 5. The number of carbonyl (C=O) groups is 3. The number of amides is 3. The summed E-state index contributed by atoms with van der Waals surface area (Å²) in [5.41, 5.74) is 4.63. The predicted molar refractivity (Wildman–Crippen MR) is 161 cm³/mol. The maximum atomic E-state index is 14.0. The first-order chi connectivity index (χ1) is 20.5. The first-order valence-corrected chi connectivity index (χ1v) is 14.8. The van der Waals surface area contributed by atoms with E-state index in [2.05, 4.69) is 44.5 Å². The van der Waals surface area contributed by atoms with Crippen LogP contribution < -0.4 is 4.90 Å². The fourth-order valence-electron chi connectivity index (χ4n) is 6.35. The second-order valence-corrected chi connectivity index (χ2v) is 11.8. The van der Waals surface area contributed by atoms with Crippen molar-refractivity contribution in [3.05, 3.63) is 106 Å². The van der Waals surface area contributed by atoms with Gasteiger partial charge in [0.05, 0.1) is 17.4 Å². The SMILES string of the molecule is O=C1[C@H]2N=NN(CC(=O)N3N=C4/C(=C/c5ccccc5)CCC[C@H]4[C@@H]3c3ccccc3)[C@H]2C(=O)N1c1ccc(Br)cc1. The van der Waals surface area contributed by atoms with Gasteiger partial charge in [-0.15, -0.1) is 0 Å². The minimum atomic E-state index is -0.980. The molecule has 3 amide bonds. The summed E-state index contributed by atoms with van der Waals surface area (Å²) in [6.07, 6.45) is 4.97. The van der Waals surface area contributed by atoms with Gasteiger partial charge < -0.3 is 0 Å². The van der Waals surface area contributed by atoms with Crippen LogP contribution in [0.4, 0.5) is 5.69 Å². The molecule has 10 heteroatoms.